The molecule has 2 heterocycles. The number of anilines is 3. The molecule has 32 heavy (non-hydrogen) atoms. The predicted molar refractivity (Wildman–Crippen MR) is 126 cm³/mol. The number of aryl methyl sites for hydroxylation is 2. The van der Waals surface area contributed by atoms with Crippen LogP contribution < -0.4 is 15.1 Å². The summed E-state index contributed by atoms with van der Waals surface area (Å²) < 4.78 is 0. The highest BCUT2D eigenvalue weighted by molar-refractivity contribution is 6.11. The minimum Gasteiger partial charge on any atom is -0.358 e. The third-order valence-corrected chi connectivity index (χ3v) is 6.38. The molecule has 7 nitrogen and oxygen atoms in total. The lowest BCUT2D eigenvalue weighted by molar-refractivity contribution is -0.123. The van der Waals surface area contributed by atoms with Crippen molar-refractivity contribution in [2.75, 3.05) is 42.3 Å². The van der Waals surface area contributed by atoms with Crippen molar-refractivity contribution >= 4 is 34.8 Å². The van der Waals surface area contributed by atoms with Gasteiger partial charge in [0.15, 0.2) is 0 Å². The molecule has 7 heteroatoms. The van der Waals surface area contributed by atoms with Gasteiger partial charge in [-0.25, -0.2) is 0 Å². The van der Waals surface area contributed by atoms with Crippen molar-refractivity contribution in [2.45, 2.75) is 39.2 Å². The number of benzene rings is 2. The van der Waals surface area contributed by atoms with Crippen LogP contribution in [0.4, 0.5) is 17.1 Å². The highest BCUT2D eigenvalue weighted by Gasteiger charge is 2.40. The van der Waals surface area contributed by atoms with Gasteiger partial charge in [0.25, 0.3) is 5.91 Å². The van der Waals surface area contributed by atoms with E-state index in [4.69, 9.17) is 0 Å². The smallest absolute Gasteiger partial charge is 0.253 e. The first-order valence-corrected chi connectivity index (χ1v) is 11.1. The van der Waals surface area contributed by atoms with Crippen molar-refractivity contribution < 1.29 is 14.4 Å². The Labute approximate surface area is 189 Å². The monoisotopic (exact) mass is 434 g/mol. The molecule has 1 N–H and O–H groups in total. The van der Waals surface area contributed by atoms with E-state index in [1.54, 1.807) is 31.1 Å². The van der Waals surface area contributed by atoms with Crippen LogP contribution in [-0.4, -0.2) is 55.8 Å². The topological polar surface area (TPSA) is 73.0 Å². The van der Waals surface area contributed by atoms with Crippen LogP contribution in [0.1, 0.15) is 40.7 Å². The third-order valence-electron chi connectivity index (χ3n) is 6.38. The second-order valence-electron chi connectivity index (χ2n) is 8.88. The molecule has 2 aromatic carbocycles. The molecule has 1 atom stereocenters. The molecule has 4 rings (SSSR count). The van der Waals surface area contributed by atoms with Crippen LogP contribution in [0.15, 0.2) is 36.4 Å². The molecule has 0 spiro atoms. The normalized spacial score (nSPS) is 17.5. The Balaban J connectivity index is 1.66. The number of carbonyl (C=O) groups is 3. The molecule has 2 aliphatic rings. The Hall–Kier alpha value is -3.35. The van der Waals surface area contributed by atoms with E-state index in [1.165, 1.54) is 4.90 Å². The Morgan fingerprint density at radius 2 is 1.81 bits per heavy atom. The number of fused-ring (bicyclic) bond motifs is 3. The SMILES string of the molecule is Cc1ccc(NC(=O)CN2C(=O)C3CCCCN3c3ccc(C(=O)N(C)C)cc32)cc1C. The zero-order chi connectivity index (χ0) is 23.0. The molecule has 3 amide bonds. The molecule has 0 aromatic heterocycles. The molecule has 0 radical (unpaired) electrons. The quantitative estimate of drug-likeness (QED) is 0.801. The van der Waals surface area contributed by atoms with Crippen LogP contribution in [0.25, 0.3) is 0 Å². The highest BCUT2D eigenvalue weighted by atomic mass is 16.2. The number of rotatable bonds is 4. The Bertz CT molecular complexity index is 1080. The van der Waals surface area contributed by atoms with E-state index in [-0.39, 0.29) is 30.3 Å². The summed E-state index contributed by atoms with van der Waals surface area (Å²) >= 11 is 0. The molecule has 1 saturated heterocycles. The van der Waals surface area contributed by atoms with Gasteiger partial charge in [-0.3, -0.25) is 19.3 Å². The first kappa shape index (κ1) is 21.9. The van der Waals surface area contributed by atoms with Crippen LogP contribution in [0, 0.1) is 13.8 Å². The molecule has 2 aliphatic heterocycles. The highest BCUT2D eigenvalue weighted by Crippen LogP contribution is 2.40. The number of carbonyl (C=O) groups excluding carboxylic acids is 3. The van der Waals surface area contributed by atoms with Gasteiger partial charge in [0.1, 0.15) is 12.6 Å². The average molecular weight is 435 g/mol. The number of piperidine rings is 1. The van der Waals surface area contributed by atoms with Gasteiger partial charge in [-0.1, -0.05) is 6.07 Å². The summed E-state index contributed by atoms with van der Waals surface area (Å²) in [6.45, 7) is 4.72. The number of nitrogens with zero attached hydrogens (tertiary/aromatic N) is 3. The maximum Gasteiger partial charge on any atom is 0.253 e. The molecule has 0 bridgehead atoms. The van der Waals surface area contributed by atoms with E-state index in [0.717, 1.165) is 42.6 Å². The zero-order valence-electron chi connectivity index (χ0n) is 19.1. The second-order valence-corrected chi connectivity index (χ2v) is 8.88. The summed E-state index contributed by atoms with van der Waals surface area (Å²) in [5, 5.41) is 2.91. The van der Waals surface area contributed by atoms with Gasteiger partial charge in [-0.05, 0) is 74.6 Å². The lowest BCUT2D eigenvalue weighted by Crippen LogP contribution is -2.56. The summed E-state index contributed by atoms with van der Waals surface area (Å²) in [5.41, 5.74) is 4.97. The van der Waals surface area contributed by atoms with E-state index in [9.17, 15) is 14.4 Å². The molecular formula is C25H30N4O3. The van der Waals surface area contributed by atoms with E-state index in [0.29, 0.717) is 16.9 Å². The van der Waals surface area contributed by atoms with Crippen molar-refractivity contribution in [3.8, 4) is 0 Å². The van der Waals surface area contributed by atoms with Crippen molar-refractivity contribution in [1.82, 2.24) is 4.90 Å². The lowest BCUT2D eigenvalue weighted by atomic mass is 9.95. The number of amides is 3. The predicted octanol–water partition coefficient (Wildman–Crippen LogP) is 3.35. The Morgan fingerprint density at radius 1 is 1.03 bits per heavy atom. The van der Waals surface area contributed by atoms with Gasteiger partial charge in [0.05, 0.1) is 11.4 Å². The van der Waals surface area contributed by atoms with Crippen LogP contribution in [0.2, 0.25) is 0 Å². The fraction of sp³-hybridized carbons (Fsp3) is 0.400. The minimum atomic E-state index is -0.263. The Kier molecular flexibility index (Phi) is 5.91. The van der Waals surface area contributed by atoms with Gasteiger partial charge < -0.3 is 15.1 Å². The molecule has 168 valence electrons. The number of hydrogen-bond acceptors (Lipinski definition) is 4. The molecule has 2 aromatic rings. The summed E-state index contributed by atoms with van der Waals surface area (Å²) in [6, 6.07) is 10.9. The van der Waals surface area contributed by atoms with E-state index in [1.807, 2.05) is 38.1 Å². The largest absolute Gasteiger partial charge is 0.358 e. The standard InChI is InChI=1S/C25H30N4O3/c1-16-8-10-19(13-17(16)2)26-23(30)15-29-22-14-18(24(31)27(3)4)9-11-20(22)28-12-6-5-7-21(28)25(29)32/h8-11,13-14,21H,5-7,12,15H2,1-4H3,(H,26,30). The van der Waals surface area contributed by atoms with Gasteiger partial charge in [-0.2, -0.15) is 0 Å². The average Bonchev–Trinajstić information content (AvgIpc) is 2.78. The Morgan fingerprint density at radius 3 is 2.53 bits per heavy atom. The fourth-order valence-corrected chi connectivity index (χ4v) is 4.48. The zero-order valence-corrected chi connectivity index (χ0v) is 19.1. The van der Waals surface area contributed by atoms with Crippen LogP contribution in [0.5, 0.6) is 0 Å². The maximum atomic E-state index is 13.4. The lowest BCUT2D eigenvalue weighted by Gasteiger charge is -2.45. The molecule has 1 fully saturated rings. The first-order valence-electron chi connectivity index (χ1n) is 11.1. The summed E-state index contributed by atoms with van der Waals surface area (Å²) in [6.07, 6.45) is 2.78. The number of nitrogens with one attached hydrogen (secondary N) is 1. The van der Waals surface area contributed by atoms with Gasteiger partial charge in [-0.15, -0.1) is 0 Å². The summed E-state index contributed by atoms with van der Waals surface area (Å²) in [5.74, 6) is -0.483. The minimum absolute atomic E-state index is 0.0816. The number of hydrogen-bond donors (Lipinski definition) is 1. The van der Waals surface area contributed by atoms with E-state index < -0.39 is 0 Å². The summed E-state index contributed by atoms with van der Waals surface area (Å²) in [7, 11) is 3.39. The molecule has 1 unspecified atom stereocenters. The third kappa shape index (κ3) is 4.07. The van der Waals surface area contributed by atoms with Crippen molar-refractivity contribution in [3.63, 3.8) is 0 Å². The first-order chi connectivity index (χ1) is 15.3. The van der Waals surface area contributed by atoms with Gasteiger partial charge in [0, 0.05) is 31.9 Å². The molecular weight excluding hydrogens is 404 g/mol. The maximum absolute atomic E-state index is 13.4. The van der Waals surface area contributed by atoms with Crippen molar-refractivity contribution in [1.29, 1.82) is 0 Å². The second kappa shape index (κ2) is 8.65. The summed E-state index contributed by atoms with van der Waals surface area (Å²) in [4.78, 5) is 44.1. The van der Waals surface area contributed by atoms with Gasteiger partial charge in [0.2, 0.25) is 11.8 Å². The van der Waals surface area contributed by atoms with Crippen molar-refractivity contribution in [3.05, 3.63) is 53.1 Å². The van der Waals surface area contributed by atoms with Crippen molar-refractivity contribution in [2.24, 2.45) is 0 Å². The van der Waals surface area contributed by atoms with E-state index >= 15 is 0 Å². The fourth-order valence-electron chi connectivity index (χ4n) is 4.48. The van der Waals surface area contributed by atoms with Gasteiger partial charge >= 0.3 is 0 Å². The van der Waals surface area contributed by atoms with Crippen LogP contribution in [-0.2, 0) is 9.59 Å². The molecule has 0 aliphatic carbocycles. The molecule has 0 saturated carbocycles. The van der Waals surface area contributed by atoms with Crippen LogP contribution in [0.3, 0.4) is 0 Å². The van der Waals surface area contributed by atoms with Crippen LogP contribution >= 0.6 is 0 Å². The van der Waals surface area contributed by atoms with E-state index in [2.05, 4.69) is 10.2 Å².